The van der Waals surface area contributed by atoms with Crippen molar-refractivity contribution in [2.45, 2.75) is 13.3 Å². The van der Waals surface area contributed by atoms with E-state index in [9.17, 15) is 0 Å². The first-order valence-corrected chi connectivity index (χ1v) is 3.18. The summed E-state index contributed by atoms with van der Waals surface area (Å²) in [5.41, 5.74) is 1.41. The van der Waals surface area contributed by atoms with Gasteiger partial charge in [-0.2, -0.15) is 0 Å². The molecule has 0 bridgehead atoms. The Morgan fingerprint density at radius 2 is 2.43 bits per heavy atom. The van der Waals surface area contributed by atoms with Crippen LogP contribution in [0.25, 0.3) is 0 Å². The van der Waals surface area contributed by atoms with Crippen LogP contribution in [0.3, 0.4) is 0 Å². The van der Waals surface area contributed by atoms with Crippen molar-refractivity contribution in [2.75, 3.05) is 0 Å². The molecule has 0 nitrogen and oxygen atoms in total. The molecular formula is C6H7Ru. The standard InChI is InChI=1S/C6H7.Ru/c1-6-4-2-3-5-6;/h2,4H,3H2,1H3;. The predicted octanol–water partition coefficient (Wildman–Crippen LogP) is 1.77. The molecule has 0 saturated carbocycles. The molecule has 0 aromatic heterocycles. The summed E-state index contributed by atoms with van der Waals surface area (Å²) in [5, 5.41) is 0. The van der Waals surface area contributed by atoms with Crippen molar-refractivity contribution in [1.82, 2.24) is 0 Å². The molecule has 0 unspecified atom stereocenters. The molecule has 0 spiro atoms. The number of hydrogen-bond acceptors (Lipinski definition) is 0. The number of allylic oxidation sites excluding steroid dienone is 4. The van der Waals surface area contributed by atoms with Gasteiger partial charge in [-0.25, -0.2) is 0 Å². The van der Waals surface area contributed by atoms with Crippen LogP contribution in [-0.4, -0.2) is 0 Å². The predicted molar refractivity (Wildman–Crippen MR) is 26.5 cm³/mol. The Bertz CT molecular complexity index is 131. The second kappa shape index (κ2) is 1.92. The Balaban J connectivity index is 2.79. The summed E-state index contributed by atoms with van der Waals surface area (Å²) in [4.78, 5) is 0. The molecule has 0 radical (unpaired) electrons. The van der Waals surface area contributed by atoms with E-state index in [0.717, 1.165) is 6.42 Å². The van der Waals surface area contributed by atoms with E-state index in [1.165, 1.54) is 9.74 Å². The summed E-state index contributed by atoms with van der Waals surface area (Å²) in [6.07, 6.45) is 5.48. The molecule has 7 heavy (non-hydrogen) atoms. The maximum atomic E-state index is 2.64. The molecule has 1 rings (SSSR count). The van der Waals surface area contributed by atoms with Gasteiger partial charge in [0.2, 0.25) is 0 Å². The summed E-state index contributed by atoms with van der Waals surface area (Å²) < 4.78 is 1.44. The summed E-state index contributed by atoms with van der Waals surface area (Å²) >= 11 is 2.64. The monoisotopic (exact) mass is 181 g/mol. The van der Waals surface area contributed by atoms with E-state index in [2.05, 4.69) is 37.4 Å². The third-order valence-corrected chi connectivity index (χ3v) is 2.12. The van der Waals surface area contributed by atoms with Gasteiger partial charge in [0.05, 0.1) is 0 Å². The third kappa shape index (κ3) is 1.01. The molecule has 0 N–H and O–H groups in total. The van der Waals surface area contributed by atoms with Gasteiger partial charge in [0.1, 0.15) is 0 Å². The Morgan fingerprint density at radius 3 is 2.57 bits per heavy atom. The molecule has 0 saturated heterocycles. The van der Waals surface area contributed by atoms with Crippen molar-refractivity contribution in [1.29, 1.82) is 0 Å². The van der Waals surface area contributed by atoms with Gasteiger partial charge in [0, 0.05) is 0 Å². The van der Waals surface area contributed by atoms with Crippen LogP contribution in [0.2, 0.25) is 0 Å². The molecule has 39 valence electrons. The second-order valence-electron chi connectivity index (χ2n) is 1.68. The van der Waals surface area contributed by atoms with Gasteiger partial charge >= 0.3 is 53.5 Å². The van der Waals surface area contributed by atoms with Gasteiger partial charge in [-0.15, -0.1) is 0 Å². The minimum absolute atomic E-state index is 1.14. The Morgan fingerprint density at radius 1 is 1.71 bits per heavy atom. The van der Waals surface area contributed by atoms with Gasteiger partial charge in [0.15, 0.2) is 0 Å². The van der Waals surface area contributed by atoms with E-state index >= 15 is 0 Å². The fourth-order valence-corrected chi connectivity index (χ4v) is 0.935. The molecule has 0 atom stereocenters. The van der Waals surface area contributed by atoms with Crippen molar-refractivity contribution >= 4 is 0 Å². The van der Waals surface area contributed by atoms with Gasteiger partial charge < -0.3 is 0 Å². The van der Waals surface area contributed by atoms with Gasteiger partial charge in [-0.3, -0.25) is 0 Å². The summed E-state index contributed by atoms with van der Waals surface area (Å²) in [7, 11) is 0. The zero-order chi connectivity index (χ0) is 5.28. The fourth-order valence-electron chi connectivity index (χ4n) is 0.586. The van der Waals surface area contributed by atoms with Crippen LogP contribution in [-0.2, 0) is 18.3 Å². The molecular weight excluding hydrogens is 173 g/mol. The summed E-state index contributed by atoms with van der Waals surface area (Å²) in [6, 6.07) is 0. The average molecular weight is 180 g/mol. The van der Waals surface area contributed by atoms with Crippen LogP contribution in [0.4, 0.5) is 0 Å². The Labute approximate surface area is 54.0 Å². The zero-order valence-electron chi connectivity index (χ0n) is 4.22. The molecule has 1 aliphatic rings. The first kappa shape index (κ1) is 5.24. The molecule has 1 aliphatic carbocycles. The molecule has 1 heteroatoms. The minimum atomic E-state index is 1.14. The van der Waals surface area contributed by atoms with E-state index in [1.807, 2.05) is 0 Å². The van der Waals surface area contributed by atoms with Crippen LogP contribution < -0.4 is 0 Å². The fraction of sp³-hybridized carbons (Fsp3) is 0.333. The SMILES string of the molecule is CC1=[C]([Ru])CC=C1. The van der Waals surface area contributed by atoms with Gasteiger partial charge in [-0.05, 0) is 0 Å². The van der Waals surface area contributed by atoms with E-state index in [4.69, 9.17) is 0 Å². The zero-order valence-corrected chi connectivity index (χ0v) is 5.95. The molecule has 0 aromatic rings. The van der Waals surface area contributed by atoms with Crippen LogP contribution in [0, 0.1) is 0 Å². The number of rotatable bonds is 0. The normalized spacial score (nSPS) is 19.1. The van der Waals surface area contributed by atoms with Crippen LogP contribution in [0.1, 0.15) is 13.3 Å². The summed E-state index contributed by atoms with van der Waals surface area (Å²) in [5.74, 6) is 0. The number of hydrogen-bond donors (Lipinski definition) is 0. The molecule has 0 aliphatic heterocycles. The Kier molecular flexibility index (Phi) is 1.44. The van der Waals surface area contributed by atoms with E-state index in [-0.39, 0.29) is 0 Å². The Hall–Kier alpha value is 0.103. The van der Waals surface area contributed by atoms with E-state index in [1.54, 1.807) is 0 Å². The van der Waals surface area contributed by atoms with Crippen LogP contribution in [0.5, 0.6) is 0 Å². The first-order chi connectivity index (χ1) is 3.30. The second-order valence-corrected chi connectivity index (χ2v) is 2.73. The van der Waals surface area contributed by atoms with Crippen LogP contribution in [0.15, 0.2) is 21.9 Å². The van der Waals surface area contributed by atoms with Crippen molar-refractivity contribution in [2.24, 2.45) is 0 Å². The van der Waals surface area contributed by atoms with Gasteiger partial charge in [0.25, 0.3) is 0 Å². The molecule has 0 aromatic carbocycles. The van der Waals surface area contributed by atoms with Crippen molar-refractivity contribution < 1.29 is 18.3 Å². The van der Waals surface area contributed by atoms with Gasteiger partial charge in [-0.1, -0.05) is 0 Å². The average Bonchev–Trinajstić information content (AvgIpc) is 1.91. The van der Waals surface area contributed by atoms with E-state index in [0.29, 0.717) is 0 Å². The van der Waals surface area contributed by atoms with Crippen LogP contribution >= 0.6 is 0 Å². The molecule has 0 amide bonds. The van der Waals surface area contributed by atoms with Crippen molar-refractivity contribution in [3.05, 3.63) is 21.9 Å². The van der Waals surface area contributed by atoms with Crippen molar-refractivity contribution in [3.63, 3.8) is 0 Å². The topological polar surface area (TPSA) is 0 Å². The third-order valence-electron chi connectivity index (χ3n) is 1.08. The first-order valence-electron chi connectivity index (χ1n) is 2.31. The quantitative estimate of drug-likeness (QED) is 0.498. The summed E-state index contributed by atoms with van der Waals surface area (Å²) in [6.45, 7) is 2.13. The van der Waals surface area contributed by atoms with Crippen molar-refractivity contribution in [3.8, 4) is 0 Å². The molecule has 0 heterocycles. The molecule has 0 fully saturated rings. The maximum absolute atomic E-state index is 2.64. The van der Waals surface area contributed by atoms with E-state index < -0.39 is 0 Å².